The molecule has 19 heavy (non-hydrogen) atoms. The number of carboxylic acids is 1. The lowest BCUT2D eigenvalue weighted by Crippen LogP contribution is -2.47. The van der Waals surface area contributed by atoms with E-state index in [4.69, 9.17) is 10.2 Å². The molecule has 0 amide bonds. The second-order valence-corrected chi connectivity index (χ2v) is 4.35. The van der Waals surface area contributed by atoms with Crippen LogP contribution in [-0.4, -0.2) is 65.4 Å². The molecule has 1 fully saturated rings. The minimum atomic E-state index is -1.29. The number of piperazine rings is 1. The Morgan fingerprint density at radius 1 is 1.37 bits per heavy atom. The molecule has 104 valence electrons. The third-order valence-electron chi connectivity index (χ3n) is 3.19. The molecule has 1 aromatic heterocycles. The zero-order valence-electron chi connectivity index (χ0n) is 10.4. The van der Waals surface area contributed by atoms with Crippen LogP contribution in [0.15, 0.2) is 12.3 Å². The quantitative estimate of drug-likeness (QED) is 0.803. The van der Waals surface area contributed by atoms with Crippen molar-refractivity contribution in [2.45, 2.75) is 0 Å². The van der Waals surface area contributed by atoms with Crippen molar-refractivity contribution in [3.63, 3.8) is 0 Å². The summed E-state index contributed by atoms with van der Waals surface area (Å²) >= 11 is 0. The summed E-state index contributed by atoms with van der Waals surface area (Å²) in [5, 5.41) is 17.7. The number of rotatable bonds is 4. The zero-order chi connectivity index (χ0) is 13.8. The fraction of sp³-hybridized carbons (Fsp3) is 0.500. The van der Waals surface area contributed by atoms with Crippen LogP contribution in [-0.2, 0) is 0 Å². The lowest BCUT2D eigenvalue weighted by atomic mass is 10.2. The van der Waals surface area contributed by atoms with Crippen LogP contribution in [0.3, 0.4) is 0 Å². The van der Waals surface area contributed by atoms with Gasteiger partial charge in [0.25, 0.3) is 0 Å². The average Bonchev–Trinajstić information content (AvgIpc) is 2.40. The Labute approximate surface area is 110 Å². The highest BCUT2D eigenvalue weighted by molar-refractivity contribution is 5.88. The van der Waals surface area contributed by atoms with E-state index in [1.165, 1.54) is 6.20 Å². The summed E-state index contributed by atoms with van der Waals surface area (Å²) in [5.41, 5.74) is -0.359. The number of aromatic nitrogens is 1. The van der Waals surface area contributed by atoms with Crippen molar-refractivity contribution >= 4 is 11.8 Å². The van der Waals surface area contributed by atoms with Gasteiger partial charge in [-0.3, -0.25) is 4.90 Å². The number of aliphatic hydroxyl groups is 1. The van der Waals surface area contributed by atoms with Gasteiger partial charge in [-0.1, -0.05) is 0 Å². The molecule has 2 rings (SSSR count). The Morgan fingerprint density at radius 2 is 2.05 bits per heavy atom. The molecule has 0 aromatic carbocycles. The van der Waals surface area contributed by atoms with E-state index in [1.807, 2.05) is 0 Å². The third kappa shape index (κ3) is 2.99. The molecule has 0 aliphatic carbocycles. The number of aromatic carboxylic acids is 1. The van der Waals surface area contributed by atoms with Crippen LogP contribution in [0.1, 0.15) is 10.4 Å². The smallest absolute Gasteiger partial charge is 0.338 e. The van der Waals surface area contributed by atoms with Crippen molar-refractivity contribution < 1.29 is 19.4 Å². The van der Waals surface area contributed by atoms with E-state index in [-0.39, 0.29) is 18.0 Å². The number of halogens is 1. The molecule has 2 N–H and O–H groups in total. The summed E-state index contributed by atoms with van der Waals surface area (Å²) in [6.07, 6.45) is 1.31. The first-order valence-corrected chi connectivity index (χ1v) is 6.09. The third-order valence-corrected chi connectivity index (χ3v) is 3.19. The first kappa shape index (κ1) is 13.7. The van der Waals surface area contributed by atoms with E-state index in [1.54, 1.807) is 4.90 Å². The minimum Gasteiger partial charge on any atom is -0.478 e. The van der Waals surface area contributed by atoms with Gasteiger partial charge in [0.2, 0.25) is 0 Å². The predicted molar refractivity (Wildman–Crippen MR) is 66.9 cm³/mol. The number of carbonyl (C=O) groups is 1. The highest BCUT2D eigenvalue weighted by atomic mass is 19.1. The predicted octanol–water partition coefficient (Wildman–Crippen LogP) is 0.0332. The Hall–Kier alpha value is -1.73. The van der Waals surface area contributed by atoms with E-state index in [0.717, 1.165) is 6.07 Å². The fourth-order valence-corrected chi connectivity index (χ4v) is 2.14. The van der Waals surface area contributed by atoms with Gasteiger partial charge in [0.15, 0.2) is 11.6 Å². The topological polar surface area (TPSA) is 76.9 Å². The maximum absolute atomic E-state index is 14.0. The number of hydrogen-bond donors (Lipinski definition) is 2. The van der Waals surface area contributed by atoms with Gasteiger partial charge in [-0.25, -0.2) is 14.2 Å². The maximum atomic E-state index is 14.0. The Kier molecular flexibility index (Phi) is 4.28. The van der Waals surface area contributed by atoms with E-state index in [0.29, 0.717) is 32.7 Å². The van der Waals surface area contributed by atoms with E-state index >= 15 is 0 Å². The summed E-state index contributed by atoms with van der Waals surface area (Å²) in [4.78, 5) is 18.6. The van der Waals surface area contributed by atoms with Crippen molar-refractivity contribution in [2.24, 2.45) is 0 Å². The van der Waals surface area contributed by atoms with E-state index in [2.05, 4.69) is 9.88 Å². The van der Waals surface area contributed by atoms with Gasteiger partial charge in [-0.2, -0.15) is 0 Å². The van der Waals surface area contributed by atoms with Crippen LogP contribution in [0.25, 0.3) is 0 Å². The fourth-order valence-electron chi connectivity index (χ4n) is 2.14. The van der Waals surface area contributed by atoms with Crippen LogP contribution in [0.2, 0.25) is 0 Å². The molecule has 1 aliphatic rings. The number of nitrogens with zero attached hydrogens (tertiary/aromatic N) is 3. The summed E-state index contributed by atoms with van der Waals surface area (Å²) < 4.78 is 14.0. The van der Waals surface area contributed by atoms with Crippen molar-refractivity contribution in [1.82, 2.24) is 9.88 Å². The van der Waals surface area contributed by atoms with Crippen LogP contribution in [0.4, 0.5) is 10.2 Å². The minimum absolute atomic E-state index is 0.0866. The van der Waals surface area contributed by atoms with Gasteiger partial charge >= 0.3 is 5.97 Å². The highest BCUT2D eigenvalue weighted by Crippen LogP contribution is 2.20. The van der Waals surface area contributed by atoms with Crippen molar-refractivity contribution in [2.75, 3.05) is 44.2 Å². The molecule has 0 bridgehead atoms. The summed E-state index contributed by atoms with van der Waals surface area (Å²) in [6.45, 7) is 3.21. The monoisotopic (exact) mass is 269 g/mol. The first-order chi connectivity index (χ1) is 9.13. The van der Waals surface area contributed by atoms with Crippen LogP contribution in [0.5, 0.6) is 0 Å². The molecule has 1 aromatic rings. The number of aliphatic hydroxyl groups excluding tert-OH is 1. The Bertz CT molecular complexity index is 462. The van der Waals surface area contributed by atoms with Crippen molar-refractivity contribution in [3.8, 4) is 0 Å². The highest BCUT2D eigenvalue weighted by Gasteiger charge is 2.23. The molecule has 2 heterocycles. The molecule has 6 nitrogen and oxygen atoms in total. The van der Waals surface area contributed by atoms with Gasteiger partial charge in [-0.05, 0) is 6.07 Å². The van der Waals surface area contributed by atoms with Crippen LogP contribution < -0.4 is 4.90 Å². The second kappa shape index (κ2) is 5.94. The van der Waals surface area contributed by atoms with Crippen molar-refractivity contribution in [3.05, 3.63) is 23.6 Å². The molecular formula is C12H16FN3O3. The number of anilines is 1. The molecule has 0 atom stereocenters. The first-order valence-electron chi connectivity index (χ1n) is 6.09. The lowest BCUT2D eigenvalue weighted by molar-refractivity contribution is 0.0691. The number of pyridine rings is 1. The van der Waals surface area contributed by atoms with Crippen LogP contribution >= 0.6 is 0 Å². The molecule has 0 radical (unpaired) electrons. The van der Waals surface area contributed by atoms with E-state index < -0.39 is 11.8 Å². The molecule has 1 aliphatic heterocycles. The van der Waals surface area contributed by atoms with Gasteiger partial charge in [-0.15, -0.1) is 0 Å². The van der Waals surface area contributed by atoms with Crippen LogP contribution in [0, 0.1) is 5.82 Å². The normalized spacial score (nSPS) is 16.6. The molecule has 1 saturated heterocycles. The summed E-state index contributed by atoms with van der Waals surface area (Å²) in [5.74, 6) is -1.99. The van der Waals surface area contributed by atoms with Gasteiger partial charge in [0.1, 0.15) is 5.56 Å². The Morgan fingerprint density at radius 3 is 2.63 bits per heavy atom. The number of β-amino-alcohol motifs (C(OH)–C–C–N with tert-alkyl or cyclic N) is 1. The summed E-state index contributed by atoms with van der Waals surface area (Å²) in [7, 11) is 0. The van der Waals surface area contributed by atoms with Gasteiger partial charge < -0.3 is 15.1 Å². The Balaban J connectivity index is 2.11. The lowest BCUT2D eigenvalue weighted by Gasteiger charge is -2.35. The number of carboxylic acid groups (broad SMARTS) is 1. The second-order valence-electron chi connectivity index (χ2n) is 4.35. The summed E-state index contributed by atoms with van der Waals surface area (Å²) in [6, 6.07) is 1.16. The molecule has 0 saturated carbocycles. The SMILES string of the molecule is O=C(O)c1ccnc(N2CCN(CCO)CC2)c1F. The molecular weight excluding hydrogens is 253 g/mol. The zero-order valence-corrected chi connectivity index (χ0v) is 10.4. The maximum Gasteiger partial charge on any atom is 0.338 e. The molecule has 7 heteroatoms. The standard InChI is InChI=1S/C12H16FN3O3/c13-10-9(12(18)19)1-2-14-11(10)16-5-3-15(4-6-16)7-8-17/h1-2,17H,3-8H2,(H,18,19). The van der Waals surface area contributed by atoms with Crippen molar-refractivity contribution in [1.29, 1.82) is 0 Å². The van der Waals surface area contributed by atoms with Gasteiger partial charge in [0.05, 0.1) is 6.61 Å². The molecule has 0 spiro atoms. The largest absolute Gasteiger partial charge is 0.478 e. The molecule has 0 unspecified atom stereocenters. The van der Waals surface area contributed by atoms with Gasteiger partial charge in [0, 0.05) is 38.9 Å². The average molecular weight is 269 g/mol. The van der Waals surface area contributed by atoms with E-state index in [9.17, 15) is 9.18 Å². The number of hydrogen-bond acceptors (Lipinski definition) is 5.